The van der Waals surface area contributed by atoms with Crippen molar-refractivity contribution in [2.24, 2.45) is 0 Å². The van der Waals surface area contributed by atoms with Crippen molar-refractivity contribution in [1.29, 1.82) is 0 Å². The van der Waals surface area contributed by atoms with Crippen molar-refractivity contribution < 1.29 is 4.79 Å². The normalized spacial score (nSPS) is 15.6. The summed E-state index contributed by atoms with van der Waals surface area (Å²) in [4.78, 5) is 20.4. The molecule has 0 radical (unpaired) electrons. The number of aryl methyl sites for hydroxylation is 1. The summed E-state index contributed by atoms with van der Waals surface area (Å²) in [7, 11) is 0. The minimum absolute atomic E-state index is 0.137. The second-order valence-corrected chi connectivity index (χ2v) is 7.81. The Morgan fingerprint density at radius 3 is 2.48 bits per heavy atom. The van der Waals surface area contributed by atoms with Crippen molar-refractivity contribution in [3.8, 4) is 0 Å². The van der Waals surface area contributed by atoms with Crippen molar-refractivity contribution in [1.82, 2.24) is 20.1 Å². The van der Waals surface area contributed by atoms with Gasteiger partial charge in [-0.1, -0.05) is 48.5 Å². The first-order valence-electron chi connectivity index (χ1n) is 10.6. The first-order chi connectivity index (χ1) is 14.3. The zero-order chi connectivity index (χ0) is 19.9. The maximum Gasteiger partial charge on any atom is 0.220 e. The molecular formula is C24H30N4O. The standard InChI is InChI=1S/C24H30N4O/c29-24(11-10-21-18-26-23-9-5-4-8-22(21)23)25-12-13-27-14-16-28(17-15-27)19-20-6-2-1-3-7-20/h1-9,18,26H,10-17,19H2,(H,25,29). The first kappa shape index (κ1) is 19.7. The van der Waals surface area contributed by atoms with Crippen LogP contribution in [-0.2, 0) is 17.8 Å². The molecule has 2 heterocycles. The number of nitrogens with zero attached hydrogens (tertiary/aromatic N) is 2. The van der Waals surface area contributed by atoms with Crippen LogP contribution in [0.5, 0.6) is 0 Å². The lowest BCUT2D eigenvalue weighted by Gasteiger charge is -2.34. The maximum atomic E-state index is 12.2. The summed E-state index contributed by atoms with van der Waals surface area (Å²) in [6, 6.07) is 18.9. The van der Waals surface area contributed by atoms with Crippen molar-refractivity contribution >= 4 is 16.8 Å². The van der Waals surface area contributed by atoms with Gasteiger partial charge in [-0.2, -0.15) is 0 Å². The van der Waals surface area contributed by atoms with E-state index in [1.807, 2.05) is 18.3 Å². The Morgan fingerprint density at radius 1 is 0.931 bits per heavy atom. The number of fused-ring (bicyclic) bond motifs is 1. The van der Waals surface area contributed by atoms with Crippen LogP contribution in [0.1, 0.15) is 17.5 Å². The molecule has 0 unspecified atom stereocenters. The number of carbonyl (C=O) groups excluding carboxylic acids is 1. The van der Waals surface area contributed by atoms with Gasteiger partial charge in [-0.15, -0.1) is 0 Å². The number of hydrogen-bond acceptors (Lipinski definition) is 3. The summed E-state index contributed by atoms with van der Waals surface area (Å²) in [5.74, 6) is 0.137. The number of para-hydroxylation sites is 1. The molecule has 0 aliphatic carbocycles. The van der Waals surface area contributed by atoms with Crippen LogP contribution < -0.4 is 5.32 Å². The van der Waals surface area contributed by atoms with E-state index in [0.29, 0.717) is 6.42 Å². The number of carbonyl (C=O) groups is 1. The molecule has 1 aliphatic heterocycles. The molecule has 2 aromatic carbocycles. The molecule has 5 nitrogen and oxygen atoms in total. The predicted octanol–water partition coefficient (Wildman–Crippen LogP) is 3.03. The fourth-order valence-corrected chi connectivity index (χ4v) is 4.04. The first-order valence-corrected chi connectivity index (χ1v) is 10.6. The van der Waals surface area contributed by atoms with E-state index in [2.05, 4.69) is 62.6 Å². The molecule has 1 aromatic heterocycles. The molecule has 29 heavy (non-hydrogen) atoms. The second kappa shape index (κ2) is 9.72. The Balaban J connectivity index is 1.12. The number of nitrogens with one attached hydrogen (secondary N) is 2. The molecular weight excluding hydrogens is 360 g/mol. The number of amides is 1. The monoisotopic (exact) mass is 390 g/mol. The van der Waals surface area contributed by atoms with Gasteiger partial charge in [0, 0.05) is 69.3 Å². The highest BCUT2D eigenvalue weighted by Gasteiger charge is 2.16. The number of aromatic amines is 1. The molecule has 1 amide bonds. The van der Waals surface area contributed by atoms with E-state index in [1.54, 1.807) is 0 Å². The molecule has 0 atom stereocenters. The van der Waals surface area contributed by atoms with Crippen LogP contribution in [0.4, 0.5) is 0 Å². The van der Waals surface area contributed by atoms with Crippen molar-refractivity contribution in [3.05, 3.63) is 71.9 Å². The summed E-state index contributed by atoms with van der Waals surface area (Å²) in [6.45, 7) is 6.99. The van der Waals surface area contributed by atoms with Crippen LogP contribution in [-0.4, -0.2) is 60.0 Å². The summed E-state index contributed by atoms with van der Waals surface area (Å²) in [5.41, 5.74) is 3.73. The average Bonchev–Trinajstić information content (AvgIpc) is 3.17. The third-order valence-corrected chi connectivity index (χ3v) is 5.76. The lowest BCUT2D eigenvalue weighted by Crippen LogP contribution is -2.48. The van der Waals surface area contributed by atoms with Gasteiger partial charge >= 0.3 is 0 Å². The highest BCUT2D eigenvalue weighted by Crippen LogP contribution is 2.18. The topological polar surface area (TPSA) is 51.4 Å². The molecule has 5 heteroatoms. The minimum atomic E-state index is 0.137. The average molecular weight is 391 g/mol. The van der Waals surface area contributed by atoms with Crippen LogP contribution in [0.3, 0.4) is 0 Å². The summed E-state index contributed by atoms with van der Waals surface area (Å²) in [5, 5.41) is 4.30. The van der Waals surface area contributed by atoms with Crippen LogP contribution in [0.25, 0.3) is 10.9 Å². The predicted molar refractivity (Wildman–Crippen MR) is 118 cm³/mol. The lowest BCUT2D eigenvalue weighted by atomic mass is 10.1. The molecule has 1 aliphatic rings. The van der Waals surface area contributed by atoms with Crippen molar-refractivity contribution in [2.45, 2.75) is 19.4 Å². The fourth-order valence-electron chi connectivity index (χ4n) is 4.04. The molecule has 3 aromatic rings. The Bertz CT molecular complexity index is 913. The highest BCUT2D eigenvalue weighted by molar-refractivity contribution is 5.84. The van der Waals surface area contributed by atoms with Crippen LogP contribution >= 0.6 is 0 Å². The van der Waals surface area contributed by atoms with Gasteiger partial charge in [0.1, 0.15) is 0 Å². The van der Waals surface area contributed by atoms with Crippen molar-refractivity contribution in [3.63, 3.8) is 0 Å². The minimum Gasteiger partial charge on any atom is -0.361 e. The smallest absolute Gasteiger partial charge is 0.220 e. The van der Waals surface area contributed by atoms with E-state index in [0.717, 1.165) is 57.8 Å². The summed E-state index contributed by atoms with van der Waals surface area (Å²) in [6.07, 6.45) is 3.33. The fraction of sp³-hybridized carbons (Fsp3) is 0.375. The Kier molecular flexibility index (Phi) is 6.60. The Labute approximate surface area is 172 Å². The van der Waals surface area contributed by atoms with E-state index >= 15 is 0 Å². The van der Waals surface area contributed by atoms with Gasteiger partial charge in [0.15, 0.2) is 0 Å². The van der Waals surface area contributed by atoms with Crippen molar-refractivity contribution in [2.75, 3.05) is 39.3 Å². The molecule has 0 spiro atoms. The number of hydrogen-bond donors (Lipinski definition) is 2. The molecule has 2 N–H and O–H groups in total. The van der Waals surface area contributed by atoms with Crippen LogP contribution in [0, 0.1) is 0 Å². The van der Waals surface area contributed by atoms with Gasteiger partial charge in [-0.3, -0.25) is 14.6 Å². The van der Waals surface area contributed by atoms with Gasteiger partial charge in [-0.25, -0.2) is 0 Å². The quantitative estimate of drug-likeness (QED) is 0.622. The summed E-state index contributed by atoms with van der Waals surface area (Å²) < 4.78 is 0. The van der Waals surface area contributed by atoms with Gasteiger partial charge < -0.3 is 10.3 Å². The number of H-pyrrole nitrogens is 1. The Hall–Kier alpha value is -2.63. The zero-order valence-electron chi connectivity index (χ0n) is 16.9. The number of rotatable bonds is 8. The summed E-state index contributed by atoms with van der Waals surface area (Å²) >= 11 is 0. The molecule has 152 valence electrons. The largest absolute Gasteiger partial charge is 0.361 e. The van der Waals surface area contributed by atoms with Crippen LogP contribution in [0.15, 0.2) is 60.8 Å². The zero-order valence-corrected chi connectivity index (χ0v) is 16.9. The number of piperazine rings is 1. The molecule has 1 saturated heterocycles. The van der Waals surface area contributed by atoms with Gasteiger partial charge in [-0.05, 0) is 23.6 Å². The third-order valence-electron chi connectivity index (χ3n) is 5.76. The third kappa shape index (κ3) is 5.46. The molecule has 0 bridgehead atoms. The number of aromatic nitrogens is 1. The Morgan fingerprint density at radius 2 is 1.66 bits per heavy atom. The molecule has 4 rings (SSSR count). The SMILES string of the molecule is O=C(CCc1c[nH]c2ccccc12)NCCN1CCN(Cc2ccccc2)CC1. The highest BCUT2D eigenvalue weighted by atomic mass is 16.1. The van der Waals surface area contributed by atoms with E-state index < -0.39 is 0 Å². The van der Waals surface area contributed by atoms with E-state index in [9.17, 15) is 4.79 Å². The molecule has 0 saturated carbocycles. The van der Waals surface area contributed by atoms with E-state index in [4.69, 9.17) is 0 Å². The van der Waals surface area contributed by atoms with E-state index in [1.165, 1.54) is 16.5 Å². The molecule has 1 fully saturated rings. The number of benzene rings is 2. The van der Waals surface area contributed by atoms with Gasteiger partial charge in [0.2, 0.25) is 5.91 Å². The lowest BCUT2D eigenvalue weighted by molar-refractivity contribution is -0.121. The van der Waals surface area contributed by atoms with Gasteiger partial charge in [0.05, 0.1) is 0 Å². The second-order valence-electron chi connectivity index (χ2n) is 7.81. The maximum absolute atomic E-state index is 12.2. The van der Waals surface area contributed by atoms with Crippen LogP contribution in [0.2, 0.25) is 0 Å². The van der Waals surface area contributed by atoms with Gasteiger partial charge in [0.25, 0.3) is 0 Å². The van der Waals surface area contributed by atoms with E-state index in [-0.39, 0.29) is 5.91 Å².